The van der Waals surface area contributed by atoms with E-state index in [2.05, 4.69) is 42.4 Å². The number of aryl methyl sites for hydroxylation is 1. The second kappa shape index (κ2) is 10.2. The topological polar surface area (TPSA) is 73.6 Å². The highest BCUT2D eigenvalue weighted by Gasteiger charge is 2.18. The van der Waals surface area contributed by atoms with Crippen molar-refractivity contribution in [1.82, 2.24) is 30.3 Å². The van der Waals surface area contributed by atoms with Gasteiger partial charge in [0.2, 0.25) is 0 Å². The van der Waals surface area contributed by atoms with Gasteiger partial charge in [0, 0.05) is 39.8 Å². The fourth-order valence-corrected chi connectivity index (χ4v) is 3.37. The van der Waals surface area contributed by atoms with Gasteiger partial charge in [0.05, 0.1) is 18.8 Å². The van der Waals surface area contributed by atoms with E-state index in [1.54, 1.807) is 10.7 Å². The van der Waals surface area contributed by atoms with Crippen LogP contribution in [0.3, 0.4) is 0 Å². The van der Waals surface area contributed by atoms with Crippen LogP contribution in [-0.4, -0.2) is 64.9 Å². The van der Waals surface area contributed by atoms with Gasteiger partial charge in [-0.3, -0.25) is 4.68 Å². The van der Waals surface area contributed by atoms with E-state index in [1.807, 2.05) is 26.1 Å². The minimum atomic E-state index is -0.181. The maximum absolute atomic E-state index is 14.7. The monoisotopic (exact) mass is 402 g/mol. The highest BCUT2D eigenvalue weighted by Crippen LogP contribution is 2.22. The van der Waals surface area contributed by atoms with Crippen LogP contribution in [0.2, 0.25) is 0 Å². The predicted molar refractivity (Wildman–Crippen MR) is 113 cm³/mol. The number of aromatic nitrogens is 3. The summed E-state index contributed by atoms with van der Waals surface area (Å²) in [7, 11) is 1.85. The van der Waals surface area contributed by atoms with E-state index in [0.717, 1.165) is 50.7 Å². The predicted octanol–water partition coefficient (Wildman–Crippen LogP) is 1.35. The first-order valence-electron chi connectivity index (χ1n) is 10.2. The number of benzene rings is 1. The average Bonchev–Trinajstić information content (AvgIpc) is 3.15. The van der Waals surface area contributed by atoms with Gasteiger partial charge in [0.15, 0.2) is 5.96 Å². The molecule has 9 heteroatoms. The molecule has 2 N–H and O–H groups in total. The van der Waals surface area contributed by atoms with Crippen LogP contribution in [0, 0.1) is 5.82 Å². The molecule has 8 nitrogen and oxygen atoms in total. The number of aliphatic imine (C=N–C) groups is 1. The zero-order valence-corrected chi connectivity index (χ0v) is 17.5. The highest BCUT2D eigenvalue weighted by atomic mass is 19.1. The minimum Gasteiger partial charge on any atom is -0.367 e. The Hall–Kier alpha value is -2.68. The smallest absolute Gasteiger partial charge is 0.191 e. The molecule has 0 amide bonds. The molecular weight excluding hydrogens is 371 g/mol. The van der Waals surface area contributed by atoms with Crippen molar-refractivity contribution in [2.45, 2.75) is 26.9 Å². The van der Waals surface area contributed by atoms with Gasteiger partial charge in [-0.05, 0) is 31.2 Å². The maximum Gasteiger partial charge on any atom is 0.191 e. The molecule has 1 aromatic heterocycles. The number of nitrogens with one attached hydrogen (secondary N) is 2. The summed E-state index contributed by atoms with van der Waals surface area (Å²) < 4.78 is 16.4. The fraction of sp³-hybridized carbons (Fsp3) is 0.550. The standard InChI is InChI=1S/C20H31FN8/c1-4-22-20(24-14-19-25-15-26-27(19)3)23-13-16-6-7-18(17(21)12-16)29-10-8-28(5-2)9-11-29/h6-7,12,15H,4-5,8-11,13-14H2,1-3H3,(H2,22,23,24). The molecule has 0 aliphatic carbocycles. The molecule has 0 atom stereocenters. The Kier molecular flexibility index (Phi) is 7.40. The normalized spacial score (nSPS) is 15.6. The Morgan fingerprint density at radius 3 is 2.59 bits per heavy atom. The SMILES string of the molecule is CCNC(=NCc1ccc(N2CCN(CC)CC2)c(F)c1)NCc1ncnn1C. The molecule has 1 fully saturated rings. The van der Waals surface area contributed by atoms with E-state index < -0.39 is 0 Å². The van der Waals surface area contributed by atoms with E-state index in [4.69, 9.17) is 0 Å². The fourth-order valence-electron chi connectivity index (χ4n) is 3.37. The van der Waals surface area contributed by atoms with Gasteiger partial charge >= 0.3 is 0 Å². The van der Waals surface area contributed by atoms with E-state index in [9.17, 15) is 4.39 Å². The Labute approximate surface area is 171 Å². The molecule has 2 heterocycles. The molecule has 0 radical (unpaired) electrons. The molecule has 158 valence electrons. The molecule has 1 aliphatic rings. The lowest BCUT2D eigenvalue weighted by Crippen LogP contribution is -2.46. The lowest BCUT2D eigenvalue weighted by Gasteiger charge is -2.35. The molecule has 1 aliphatic heterocycles. The first-order chi connectivity index (χ1) is 14.1. The first-order valence-corrected chi connectivity index (χ1v) is 10.2. The number of halogens is 1. The van der Waals surface area contributed by atoms with Crippen LogP contribution in [0.1, 0.15) is 25.2 Å². The van der Waals surface area contributed by atoms with Crippen molar-refractivity contribution < 1.29 is 4.39 Å². The number of guanidine groups is 1. The molecule has 1 saturated heterocycles. The highest BCUT2D eigenvalue weighted by molar-refractivity contribution is 5.79. The van der Waals surface area contributed by atoms with Crippen molar-refractivity contribution in [3.63, 3.8) is 0 Å². The zero-order chi connectivity index (χ0) is 20.6. The Bertz CT molecular complexity index is 811. The Balaban J connectivity index is 1.60. The van der Waals surface area contributed by atoms with Crippen LogP contribution in [0.15, 0.2) is 29.5 Å². The van der Waals surface area contributed by atoms with Crippen LogP contribution in [0.5, 0.6) is 0 Å². The van der Waals surface area contributed by atoms with Crippen molar-refractivity contribution in [3.05, 3.63) is 41.7 Å². The Morgan fingerprint density at radius 1 is 1.17 bits per heavy atom. The lowest BCUT2D eigenvalue weighted by atomic mass is 10.1. The van der Waals surface area contributed by atoms with Gasteiger partial charge in [0.25, 0.3) is 0 Å². The van der Waals surface area contributed by atoms with Crippen LogP contribution in [0.4, 0.5) is 10.1 Å². The van der Waals surface area contributed by atoms with Gasteiger partial charge < -0.3 is 20.4 Å². The van der Waals surface area contributed by atoms with Crippen LogP contribution >= 0.6 is 0 Å². The number of piperazine rings is 1. The summed E-state index contributed by atoms with van der Waals surface area (Å²) in [6, 6.07) is 5.43. The third-order valence-electron chi connectivity index (χ3n) is 5.16. The van der Waals surface area contributed by atoms with Crippen LogP contribution in [0.25, 0.3) is 0 Å². The summed E-state index contributed by atoms with van der Waals surface area (Å²) in [5, 5.41) is 10.5. The van der Waals surface area contributed by atoms with Crippen molar-refractivity contribution in [1.29, 1.82) is 0 Å². The van der Waals surface area contributed by atoms with E-state index in [1.165, 1.54) is 6.33 Å². The summed E-state index contributed by atoms with van der Waals surface area (Å²) in [5.41, 5.74) is 1.52. The quantitative estimate of drug-likeness (QED) is 0.538. The summed E-state index contributed by atoms with van der Waals surface area (Å²) in [6.45, 7) is 10.5. The van der Waals surface area contributed by atoms with Crippen LogP contribution < -0.4 is 15.5 Å². The van der Waals surface area contributed by atoms with Crippen LogP contribution in [-0.2, 0) is 20.1 Å². The van der Waals surface area contributed by atoms with Gasteiger partial charge in [0.1, 0.15) is 18.0 Å². The summed E-state index contributed by atoms with van der Waals surface area (Å²) in [5.74, 6) is 1.30. The van der Waals surface area contributed by atoms with Gasteiger partial charge in [-0.1, -0.05) is 13.0 Å². The van der Waals surface area contributed by atoms with E-state index >= 15 is 0 Å². The lowest BCUT2D eigenvalue weighted by molar-refractivity contribution is 0.270. The van der Waals surface area contributed by atoms with Crippen molar-refractivity contribution in [3.8, 4) is 0 Å². The number of likely N-dealkylation sites (N-methyl/N-ethyl adjacent to an activating group) is 1. The molecule has 0 spiro atoms. The van der Waals surface area contributed by atoms with Gasteiger partial charge in [-0.15, -0.1) is 0 Å². The van der Waals surface area contributed by atoms with Crippen molar-refractivity contribution >= 4 is 11.6 Å². The summed E-state index contributed by atoms with van der Waals surface area (Å²) in [4.78, 5) is 13.3. The minimum absolute atomic E-state index is 0.181. The molecule has 2 aromatic rings. The molecule has 1 aromatic carbocycles. The molecule has 0 bridgehead atoms. The molecule has 29 heavy (non-hydrogen) atoms. The average molecular weight is 403 g/mol. The number of hydrogen-bond acceptors (Lipinski definition) is 5. The second-order valence-corrected chi connectivity index (χ2v) is 7.06. The number of nitrogens with zero attached hydrogens (tertiary/aromatic N) is 6. The van der Waals surface area contributed by atoms with Crippen molar-refractivity contribution in [2.24, 2.45) is 12.0 Å². The third-order valence-corrected chi connectivity index (χ3v) is 5.16. The number of anilines is 1. The number of rotatable bonds is 7. The van der Waals surface area contributed by atoms with E-state index in [0.29, 0.717) is 24.7 Å². The number of hydrogen-bond donors (Lipinski definition) is 2. The summed E-state index contributed by atoms with van der Waals surface area (Å²) in [6.07, 6.45) is 1.52. The van der Waals surface area contributed by atoms with Gasteiger partial charge in [-0.2, -0.15) is 5.10 Å². The van der Waals surface area contributed by atoms with E-state index in [-0.39, 0.29) is 5.82 Å². The molecular formula is C20H31FN8. The Morgan fingerprint density at radius 2 is 1.97 bits per heavy atom. The maximum atomic E-state index is 14.7. The molecule has 0 saturated carbocycles. The molecule has 3 rings (SSSR count). The van der Waals surface area contributed by atoms with Crippen molar-refractivity contribution in [2.75, 3.05) is 44.2 Å². The largest absolute Gasteiger partial charge is 0.367 e. The zero-order valence-electron chi connectivity index (χ0n) is 17.5. The van der Waals surface area contributed by atoms with Gasteiger partial charge in [-0.25, -0.2) is 14.4 Å². The third kappa shape index (κ3) is 5.66. The first kappa shape index (κ1) is 21.0. The second-order valence-electron chi connectivity index (χ2n) is 7.06. The summed E-state index contributed by atoms with van der Waals surface area (Å²) >= 11 is 0. The molecule has 0 unspecified atom stereocenters.